The molecule has 0 saturated heterocycles. The summed E-state index contributed by atoms with van der Waals surface area (Å²) in [4.78, 5) is 19.6. The van der Waals surface area contributed by atoms with Crippen molar-refractivity contribution in [3.05, 3.63) is 12.3 Å². The van der Waals surface area contributed by atoms with Gasteiger partial charge in [-0.1, -0.05) is 0 Å². The van der Waals surface area contributed by atoms with E-state index >= 15 is 0 Å². The molecule has 2 N–H and O–H groups in total. The summed E-state index contributed by atoms with van der Waals surface area (Å²) >= 11 is 0. The lowest BCUT2D eigenvalue weighted by Gasteiger charge is -2.10. The van der Waals surface area contributed by atoms with Crippen molar-refractivity contribution in [2.24, 2.45) is 0 Å². The molecule has 0 aliphatic heterocycles. The number of rotatable bonds is 8. The van der Waals surface area contributed by atoms with Crippen molar-refractivity contribution in [3.63, 3.8) is 0 Å². The molecule has 1 heterocycles. The number of nitrogens with zero attached hydrogens (tertiary/aromatic N) is 2. The molecule has 1 rings (SSSR count). The quantitative estimate of drug-likeness (QED) is 0.665. The van der Waals surface area contributed by atoms with Gasteiger partial charge in [0.2, 0.25) is 17.7 Å². The maximum Gasteiger partial charge on any atom is 0.239 e. The fourth-order valence-electron chi connectivity index (χ4n) is 1.25. The van der Waals surface area contributed by atoms with Crippen LogP contribution in [0.4, 0.5) is 5.95 Å². The third kappa shape index (κ3) is 6.56. The number of methoxy groups -OCH3 is 1. The van der Waals surface area contributed by atoms with Gasteiger partial charge in [-0.05, 0) is 13.8 Å². The van der Waals surface area contributed by atoms with Crippen LogP contribution in [0.3, 0.4) is 0 Å². The minimum absolute atomic E-state index is 0.0418. The first-order valence-corrected chi connectivity index (χ1v) is 6.11. The molecule has 0 spiro atoms. The number of carbonyl (C=O) groups excluding carboxylic acids is 1. The van der Waals surface area contributed by atoms with E-state index in [4.69, 9.17) is 9.47 Å². The number of carbonyl (C=O) groups is 1. The summed E-state index contributed by atoms with van der Waals surface area (Å²) in [6.45, 7) is 4.90. The minimum atomic E-state index is -0.143. The van der Waals surface area contributed by atoms with Gasteiger partial charge in [0, 0.05) is 25.9 Å². The van der Waals surface area contributed by atoms with Crippen LogP contribution >= 0.6 is 0 Å². The Hall–Kier alpha value is -1.89. The third-order valence-corrected chi connectivity index (χ3v) is 2.02. The average molecular weight is 268 g/mol. The normalized spacial score (nSPS) is 10.3. The SMILES string of the molecule is COCCNC(=O)CNc1nccc(OC(C)C)n1. The molecule has 0 radical (unpaired) electrons. The van der Waals surface area contributed by atoms with E-state index in [1.54, 1.807) is 19.4 Å². The molecule has 1 amide bonds. The zero-order valence-corrected chi connectivity index (χ0v) is 11.5. The van der Waals surface area contributed by atoms with Gasteiger partial charge in [0.15, 0.2) is 0 Å². The molecule has 7 nitrogen and oxygen atoms in total. The lowest BCUT2D eigenvalue weighted by molar-refractivity contribution is -0.119. The summed E-state index contributed by atoms with van der Waals surface area (Å²) in [7, 11) is 1.58. The predicted molar refractivity (Wildman–Crippen MR) is 71.2 cm³/mol. The van der Waals surface area contributed by atoms with E-state index in [1.807, 2.05) is 13.8 Å². The van der Waals surface area contributed by atoms with Crippen LogP contribution in [0.15, 0.2) is 12.3 Å². The van der Waals surface area contributed by atoms with Crippen molar-refractivity contribution in [1.82, 2.24) is 15.3 Å². The van der Waals surface area contributed by atoms with E-state index in [9.17, 15) is 4.79 Å². The van der Waals surface area contributed by atoms with Gasteiger partial charge < -0.3 is 20.1 Å². The molecule has 0 bridgehead atoms. The van der Waals surface area contributed by atoms with Crippen LogP contribution in [0.1, 0.15) is 13.8 Å². The largest absolute Gasteiger partial charge is 0.475 e. The van der Waals surface area contributed by atoms with Gasteiger partial charge in [-0.25, -0.2) is 4.98 Å². The van der Waals surface area contributed by atoms with Gasteiger partial charge in [-0.2, -0.15) is 4.98 Å². The maximum absolute atomic E-state index is 11.4. The van der Waals surface area contributed by atoms with Gasteiger partial charge in [-0.3, -0.25) is 4.79 Å². The molecule has 0 aliphatic carbocycles. The molecular formula is C12H20N4O3. The molecule has 106 valence electrons. The highest BCUT2D eigenvalue weighted by Crippen LogP contribution is 2.09. The van der Waals surface area contributed by atoms with Crippen molar-refractivity contribution in [2.75, 3.05) is 32.1 Å². The fraction of sp³-hybridized carbons (Fsp3) is 0.583. The lowest BCUT2D eigenvalue weighted by Crippen LogP contribution is -2.32. The highest BCUT2D eigenvalue weighted by Gasteiger charge is 2.04. The fourth-order valence-corrected chi connectivity index (χ4v) is 1.25. The third-order valence-electron chi connectivity index (χ3n) is 2.02. The molecule has 0 aromatic carbocycles. The Morgan fingerprint density at radius 2 is 2.26 bits per heavy atom. The number of hydrogen-bond acceptors (Lipinski definition) is 6. The highest BCUT2D eigenvalue weighted by molar-refractivity contribution is 5.80. The number of anilines is 1. The second kappa shape index (κ2) is 8.25. The standard InChI is InChI=1S/C12H20N4O3/c1-9(2)19-11-4-5-14-12(16-11)15-8-10(17)13-6-7-18-3/h4-5,9H,6-8H2,1-3H3,(H,13,17)(H,14,15,16). The molecule has 1 aromatic rings. The molecule has 0 fully saturated rings. The number of amides is 1. The first kappa shape index (κ1) is 15.2. The highest BCUT2D eigenvalue weighted by atomic mass is 16.5. The van der Waals surface area contributed by atoms with E-state index in [1.165, 1.54) is 0 Å². The van der Waals surface area contributed by atoms with E-state index in [2.05, 4.69) is 20.6 Å². The maximum atomic E-state index is 11.4. The van der Waals surface area contributed by atoms with E-state index < -0.39 is 0 Å². The van der Waals surface area contributed by atoms with E-state index in [-0.39, 0.29) is 18.6 Å². The number of nitrogens with one attached hydrogen (secondary N) is 2. The van der Waals surface area contributed by atoms with Crippen molar-refractivity contribution in [3.8, 4) is 5.88 Å². The summed E-state index contributed by atoms with van der Waals surface area (Å²) in [6, 6.07) is 1.67. The van der Waals surface area contributed by atoms with Crippen molar-refractivity contribution < 1.29 is 14.3 Å². The lowest BCUT2D eigenvalue weighted by atomic mass is 10.5. The topological polar surface area (TPSA) is 85.4 Å². The molecule has 0 aliphatic rings. The van der Waals surface area contributed by atoms with Gasteiger partial charge in [0.25, 0.3) is 0 Å². The molecule has 1 aromatic heterocycles. The van der Waals surface area contributed by atoms with Crippen LogP contribution in [-0.2, 0) is 9.53 Å². The van der Waals surface area contributed by atoms with Crippen LogP contribution in [0.25, 0.3) is 0 Å². The summed E-state index contributed by atoms with van der Waals surface area (Å²) in [6.07, 6.45) is 1.62. The Labute approximate surface area is 112 Å². The summed E-state index contributed by atoms with van der Waals surface area (Å²) in [5, 5.41) is 5.52. The van der Waals surface area contributed by atoms with E-state index in [0.29, 0.717) is 25.0 Å². The zero-order valence-electron chi connectivity index (χ0n) is 11.5. The van der Waals surface area contributed by atoms with Gasteiger partial charge in [0.1, 0.15) is 0 Å². The molecule has 0 saturated carbocycles. The van der Waals surface area contributed by atoms with Gasteiger partial charge in [0.05, 0.1) is 19.3 Å². The average Bonchev–Trinajstić information content (AvgIpc) is 2.36. The van der Waals surface area contributed by atoms with Gasteiger partial charge >= 0.3 is 0 Å². The number of aromatic nitrogens is 2. The molecule has 19 heavy (non-hydrogen) atoms. The molecule has 7 heteroatoms. The minimum Gasteiger partial charge on any atom is -0.475 e. The number of ether oxygens (including phenoxy) is 2. The Morgan fingerprint density at radius 1 is 1.47 bits per heavy atom. The van der Waals surface area contributed by atoms with Crippen LogP contribution in [-0.4, -0.2) is 48.8 Å². The number of hydrogen-bond donors (Lipinski definition) is 2. The van der Waals surface area contributed by atoms with Crippen molar-refractivity contribution in [1.29, 1.82) is 0 Å². The molecule has 0 unspecified atom stereocenters. The summed E-state index contributed by atoms with van der Waals surface area (Å²) < 4.78 is 10.3. The summed E-state index contributed by atoms with van der Waals surface area (Å²) in [5.41, 5.74) is 0. The Balaban J connectivity index is 2.38. The molecule has 0 atom stereocenters. The second-order valence-electron chi connectivity index (χ2n) is 4.08. The zero-order chi connectivity index (χ0) is 14.1. The van der Waals surface area contributed by atoms with Crippen molar-refractivity contribution >= 4 is 11.9 Å². The van der Waals surface area contributed by atoms with Crippen LogP contribution < -0.4 is 15.4 Å². The monoisotopic (exact) mass is 268 g/mol. The van der Waals surface area contributed by atoms with Crippen LogP contribution in [0.2, 0.25) is 0 Å². The smallest absolute Gasteiger partial charge is 0.239 e. The van der Waals surface area contributed by atoms with Crippen molar-refractivity contribution in [2.45, 2.75) is 20.0 Å². The summed E-state index contributed by atoms with van der Waals surface area (Å²) in [5.74, 6) is 0.697. The van der Waals surface area contributed by atoms with Crippen LogP contribution in [0, 0.1) is 0 Å². The predicted octanol–water partition coefficient (Wildman–Crippen LogP) is 0.438. The van der Waals surface area contributed by atoms with Gasteiger partial charge in [-0.15, -0.1) is 0 Å². The van der Waals surface area contributed by atoms with E-state index in [0.717, 1.165) is 0 Å². The first-order chi connectivity index (χ1) is 9.11. The Bertz CT molecular complexity index is 398. The molecular weight excluding hydrogens is 248 g/mol. The Kier molecular flexibility index (Phi) is 6.59. The second-order valence-corrected chi connectivity index (χ2v) is 4.08. The van der Waals surface area contributed by atoms with Crippen LogP contribution in [0.5, 0.6) is 5.88 Å². The Morgan fingerprint density at radius 3 is 2.95 bits per heavy atom. The first-order valence-electron chi connectivity index (χ1n) is 6.11.